The molecule has 0 unspecified atom stereocenters. The molecule has 2 aromatic carbocycles. The van der Waals surface area contributed by atoms with Crippen molar-refractivity contribution < 1.29 is 13.6 Å². The lowest BCUT2D eigenvalue weighted by molar-refractivity contribution is 0.103. The van der Waals surface area contributed by atoms with Crippen LogP contribution in [0.2, 0.25) is 5.02 Å². The topological polar surface area (TPSA) is 23.6 Å². The number of allylic oxidation sites excluding steroid dienone is 1. The fourth-order valence-electron chi connectivity index (χ4n) is 2.91. The minimum Gasteiger partial charge on any atom is -0.375 e. The fraction of sp³-hybridized carbons (Fsp3) is 0.250. The lowest BCUT2D eigenvalue weighted by Crippen LogP contribution is -2.43. The summed E-state index contributed by atoms with van der Waals surface area (Å²) in [4.78, 5) is 16.3. The molecule has 26 heavy (non-hydrogen) atoms. The van der Waals surface area contributed by atoms with Crippen LogP contribution in [0.15, 0.2) is 54.7 Å². The number of carbonyl (C=O) groups is 1. The number of benzene rings is 2. The standard InChI is InChI=1S/C20H19ClF2N2O/c21-16-6-4-15(5-7-16)14-25-12-10-24(11-13-25)9-8-19(26)20-17(22)2-1-3-18(20)23/h1-9H,10-14H2/b9-8+. The number of piperazine rings is 1. The quantitative estimate of drug-likeness (QED) is 0.579. The molecule has 1 aliphatic rings. The Bertz CT molecular complexity index is 780. The predicted molar refractivity (Wildman–Crippen MR) is 98.1 cm³/mol. The van der Waals surface area contributed by atoms with Gasteiger partial charge in [0.15, 0.2) is 5.78 Å². The molecular weight excluding hydrogens is 358 g/mol. The molecule has 0 bridgehead atoms. The highest BCUT2D eigenvalue weighted by molar-refractivity contribution is 6.30. The summed E-state index contributed by atoms with van der Waals surface area (Å²) in [7, 11) is 0. The van der Waals surface area contributed by atoms with Crippen LogP contribution in [0, 0.1) is 11.6 Å². The molecule has 3 nitrogen and oxygen atoms in total. The Kier molecular flexibility index (Phi) is 6.01. The van der Waals surface area contributed by atoms with Gasteiger partial charge in [0.2, 0.25) is 0 Å². The molecule has 0 amide bonds. The van der Waals surface area contributed by atoms with E-state index in [9.17, 15) is 13.6 Å². The third-order valence-corrected chi connectivity index (χ3v) is 4.62. The average molecular weight is 377 g/mol. The Labute approximate surface area is 156 Å². The Morgan fingerprint density at radius 2 is 1.62 bits per heavy atom. The summed E-state index contributed by atoms with van der Waals surface area (Å²) < 4.78 is 27.3. The van der Waals surface area contributed by atoms with Gasteiger partial charge in [0, 0.05) is 50.0 Å². The maximum Gasteiger partial charge on any atom is 0.193 e. The van der Waals surface area contributed by atoms with E-state index in [4.69, 9.17) is 11.6 Å². The lowest BCUT2D eigenvalue weighted by atomic mass is 10.1. The van der Waals surface area contributed by atoms with Gasteiger partial charge in [-0.05, 0) is 29.8 Å². The summed E-state index contributed by atoms with van der Waals surface area (Å²) in [6, 6.07) is 11.2. The molecule has 6 heteroatoms. The van der Waals surface area contributed by atoms with Gasteiger partial charge < -0.3 is 4.90 Å². The maximum atomic E-state index is 13.6. The van der Waals surface area contributed by atoms with Crippen LogP contribution in [-0.4, -0.2) is 41.8 Å². The Hall–Kier alpha value is -2.24. The van der Waals surface area contributed by atoms with Gasteiger partial charge in [-0.3, -0.25) is 9.69 Å². The number of nitrogens with zero attached hydrogens (tertiary/aromatic N) is 2. The fourth-order valence-corrected chi connectivity index (χ4v) is 3.03. The van der Waals surface area contributed by atoms with Crippen molar-refractivity contribution in [2.75, 3.05) is 26.2 Å². The third kappa shape index (κ3) is 4.68. The Morgan fingerprint density at radius 1 is 1.00 bits per heavy atom. The van der Waals surface area contributed by atoms with Crippen LogP contribution in [0.5, 0.6) is 0 Å². The van der Waals surface area contributed by atoms with Gasteiger partial charge in [-0.25, -0.2) is 8.78 Å². The van der Waals surface area contributed by atoms with Crippen LogP contribution in [0.1, 0.15) is 15.9 Å². The van der Waals surface area contributed by atoms with Crippen molar-refractivity contribution in [3.63, 3.8) is 0 Å². The molecule has 0 spiro atoms. The molecule has 0 atom stereocenters. The van der Waals surface area contributed by atoms with Gasteiger partial charge in [0.25, 0.3) is 0 Å². The van der Waals surface area contributed by atoms with Gasteiger partial charge in [0.1, 0.15) is 11.6 Å². The molecule has 0 saturated carbocycles. The first-order valence-corrected chi connectivity index (χ1v) is 8.78. The summed E-state index contributed by atoms with van der Waals surface area (Å²) in [5.74, 6) is -2.34. The van der Waals surface area contributed by atoms with Crippen LogP contribution in [0.4, 0.5) is 8.78 Å². The van der Waals surface area contributed by atoms with Gasteiger partial charge in [0.05, 0.1) is 5.56 Å². The first-order valence-electron chi connectivity index (χ1n) is 8.40. The number of hydrogen-bond acceptors (Lipinski definition) is 3. The van der Waals surface area contributed by atoms with Crippen molar-refractivity contribution >= 4 is 17.4 Å². The van der Waals surface area contributed by atoms with E-state index in [0.717, 1.165) is 49.9 Å². The van der Waals surface area contributed by atoms with Crippen molar-refractivity contribution in [3.05, 3.63) is 82.5 Å². The summed E-state index contributed by atoms with van der Waals surface area (Å²) in [5, 5.41) is 0.722. The molecule has 1 fully saturated rings. The Morgan fingerprint density at radius 3 is 2.23 bits per heavy atom. The lowest BCUT2D eigenvalue weighted by Gasteiger charge is -2.34. The van der Waals surface area contributed by atoms with Crippen LogP contribution in [0.3, 0.4) is 0 Å². The van der Waals surface area contributed by atoms with E-state index >= 15 is 0 Å². The normalized spacial score (nSPS) is 15.6. The van der Waals surface area contributed by atoms with Crippen LogP contribution < -0.4 is 0 Å². The number of hydrogen-bond donors (Lipinski definition) is 0. The van der Waals surface area contributed by atoms with Crippen molar-refractivity contribution in [1.29, 1.82) is 0 Å². The van der Waals surface area contributed by atoms with E-state index in [1.807, 2.05) is 29.2 Å². The van der Waals surface area contributed by atoms with Gasteiger partial charge in [-0.2, -0.15) is 0 Å². The second-order valence-corrected chi connectivity index (χ2v) is 6.65. The molecule has 1 saturated heterocycles. The highest BCUT2D eigenvalue weighted by Crippen LogP contribution is 2.15. The largest absolute Gasteiger partial charge is 0.375 e. The molecule has 1 heterocycles. The van der Waals surface area contributed by atoms with E-state index in [0.29, 0.717) is 0 Å². The number of ketones is 1. The van der Waals surface area contributed by atoms with Crippen molar-refractivity contribution in [2.24, 2.45) is 0 Å². The predicted octanol–water partition coefficient (Wildman–Crippen LogP) is 4.13. The average Bonchev–Trinajstić information content (AvgIpc) is 2.63. The third-order valence-electron chi connectivity index (χ3n) is 4.37. The second kappa shape index (κ2) is 8.43. The molecule has 3 rings (SSSR count). The zero-order chi connectivity index (χ0) is 18.5. The Balaban J connectivity index is 1.53. The van der Waals surface area contributed by atoms with Crippen molar-refractivity contribution in [2.45, 2.75) is 6.54 Å². The molecule has 2 aromatic rings. The van der Waals surface area contributed by atoms with Crippen LogP contribution >= 0.6 is 11.6 Å². The number of carbonyl (C=O) groups excluding carboxylic acids is 1. The SMILES string of the molecule is O=C(/C=C/N1CCN(Cc2ccc(Cl)cc2)CC1)c1c(F)cccc1F. The summed E-state index contributed by atoms with van der Waals surface area (Å²) in [5.41, 5.74) is 0.689. The molecule has 136 valence electrons. The number of rotatable bonds is 5. The molecular formula is C20H19ClF2N2O. The van der Waals surface area contributed by atoms with E-state index in [1.54, 1.807) is 6.20 Å². The smallest absolute Gasteiger partial charge is 0.193 e. The minimum atomic E-state index is -0.840. The summed E-state index contributed by atoms with van der Waals surface area (Å²) >= 11 is 5.90. The zero-order valence-corrected chi connectivity index (χ0v) is 14.9. The highest BCUT2D eigenvalue weighted by atomic mass is 35.5. The minimum absolute atomic E-state index is 0.509. The molecule has 0 radical (unpaired) electrons. The second-order valence-electron chi connectivity index (χ2n) is 6.22. The van der Waals surface area contributed by atoms with Gasteiger partial charge in [-0.1, -0.05) is 29.8 Å². The van der Waals surface area contributed by atoms with Crippen molar-refractivity contribution in [1.82, 2.24) is 9.80 Å². The van der Waals surface area contributed by atoms with E-state index in [-0.39, 0.29) is 0 Å². The van der Waals surface area contributed by atoms with E-state index in [2.05, 4.69) is 4.90 Å². The number of halogens is 3. The van der Waals surface area contributed by atoms with Crippen LogP contribution in [0.25, 0.3) is 0 Å². The van der Waals surface area contributed by atoms with Crippen molar-refractivity contribution in [3.8, 4) is 0 Å². The first-order chi connectivity index (χ1) is 12.5. The first kappa shape index (κ1) is 18.5. The zero-order valence-electron chi connectivity index (χ0n) is 14.2. The highest BCUT2D eigenvalue weighted by Gasteiger charge is 2.17. The molecule has 0 aliphatic carbocycles. The summed E-state index contributed by atoms with van der Waals surface area (Å²) in [6.45, 7) is 4.02. The monoisotopic (exact) mass is 376 g/mol. The van der Waals surface area contributed by atoms with E-state index in [1.165, 1.54) is 17.7 Å². The molecule has 0 aromatic heterocycles. The maximum absolute atomic E-state index is 13.6. The molecule has 0 N–H and O–H groups in total. The summed E-state index contributed by atoms with van der Waals surface area (Å²) in [6.07, 6.45) is 2.85. The van der Waals surface area contributed by atoms with Gasteiger partial charge in [-0.15, -0.1) is 0 Å². The van der Waals surface area contributed by atoms with E-state index < -0.39 is 23.0 Å². The molecule has 1 aliphatic heterocycles. The van der Waals surface area contributed by atoms with Crippen LogP contribution in [-0.2, 0) is 6.54 Å². The van der Waals surface area contributed by atoms with Gasteiger partial charge >= 0.3 is 0 Å².